The molecule has 2 rings (SSSR count). The molecule has 1 aliphatic rings. The number of nitrogens with zero attached hydrogens (tertiary/aromatic N) is 1. The van der Waals surface area contributed by atoms with E-state index in [1.54, 1.807) is 11.3 Å². The van der Waals surface area contributed by atoms with E-state index in [-0.39, 0.29) is 18.6 Å². The van der Waals surface area contributed by atoms with Crippen molar-refractivity contribution in [2.75, 3.05) is 13.2 Å². The van der Waals surface area contributed by atoms with Crippen LogP contribution in [0.25, 0.3) is 0 Å². The van der Waals surface area contributed by atoms with Crippen molar-refractivity contribution in [1.82, 2.24) is 4.98 Å². The van der Waals surface area contributed by atoms with Gasteiger partial charge in [-0.1, -0.05) is 6.92 Å². The Morgan fingerprint density at radius 1 is 1.67 bits per heavy atom. The number of aliphatic hydroxyl groups excluding tert-OH is 1. The molecule has 0 spiro atoms. The Labute approximate surface area is 94.1 Å². The summed E-state index contributed by atoms with van der Waals surface area (Å²) in [6.07, 6.45) is 5.55. The zero-order valence-electron chi connectivity index (χ0n) is 8.98. The van der Waals surface area contributed by atoms with Crippen molar-refractivity contribution in [2.45, 2.75) is 38.2 Å². The van der Waals surface area contributed by atoms with E-state index >= 15 is 0 Å². The molecule has 0 aliphatic carbocycles. The lowest BCUT2D eigenvalue weighted by Crippen LogP contribution is -2.10. The van der Waals surface area contributed by atoms with Crippen molar-refractivity contribution in [2.24, 2.45) is 0 Å². The summed E-state index contributed by atoms with van der Waals surface area (Å²) in [5.74, 6) is 0.194. The maximum atomic E-state index is 9.06. The third kappa shape index (κ3) is 2.56. The first-order valence-corrected chi connectivity index (χ1v) is 6.31. The molecule has 1 aromatic rings. The van der Waals surface area contributed by atoms with Gasteiger partial charge in [-0.2, -0.15) is 0 Å². The van der Waals surface area contributed by atoms with Crippen LogP contribution in [-0.4, -0.2) is 23.3 Å². The molecule has 2 heterocycles. The van der Waals surface area contributed by atoms with Gasteiger partial charge in [0.2, 0.25) is 0 Å². The highest BCUT2D eigenvalue weighted by Crippen LogP contribution is 2.32. The molecule has 4 heteroatoms. The van der Waals surface area contributed by atoms with E-state index in [9.17, 15) is 0 Å². The van der Waals surface area contributed by atoms with Gasteiger partial charge in [-0.15, -0.1) is 11.3 Å². The number of aromatic nitrogens is 1. The lowest BCUT2D eigenvalue weighted by atomic mass is 10.1. The van der Waals surface area contributed by atoms with Gasteiger partial charge in [-0.3, -0.25) is 0 Å². The van der Waals surface area contributed by atoms with Gasteiger partial charge in [0.25, 0.3) is 0 Å². The molecule has 0 aromatic carbocycles. The Bertz CT molecular complexity index is 307. The summed E-state index contributed by atoms with van der Waals surface area (Å²) in [7, 11) is 0. The molecular weight excluding hydrogens is 210 g/mol. The van der Waals surface area contributed by atoms with Gasteiger partial charge in [-0.25, -0.2) is 4.98 Å². The van der Waals surface area contributed by atoms with Crippen LogP contribution in [0.15, 0.2) is 6.20 Å². The molecule has 0 radical (unpaired) electrons. The smallest absolute Gasteiger partial charge is 0.122 e. The van der Waals surface area contributed by atoms with Gasteiger partial charge in [0.1, 0.15) is 11.1 Å². The normalized spacial score (nSPS) is 24.0. The second-order valence-corrected chi connectivity index (χ2v) is 5.13. The summed E-state index contributed by atoms with van der Waals surface area (Å²) >= 11 is 1.68. The van der Waals surface area contributed by atoms with Gasteiger partial charge in [0.05, 0.1) is 6.61 Å². The van der Waals surface area contributed by atoms with E-state index < -0.39 is 0 Å². The Morgan fingerprint density at radius 3 is 3.20 bits per heavy atom. The summed E-state index contributed by atoms with van der Waals surface area (Å²) in [5, 5.41) is 10.1. The maximum absolute atomic E-state index is 9.06. The average molecular weight is 227 g/mol. The highest BCUT2D eigenvalue weighted by atomic mass is 32.1. The third-order valence-electron chi connectivity index (χ3n) is 2.76. The molecule has 84 valence electrons. The number of thiazole rings is 1. The van der Waals surface area contributed by atoms with Crippen molar-refractivity contribution in [1.29, 1.82) is 0 Å². The number of ether oxygens (including phenoxy) is 1. The van der Waals surface area contributed by atoms with Crippen LogP contribution in [0.1, 0.15) is 48.1 Å². The zero-order valence-corrected chi connectivity index (χ0v) is 9.80. The Kier molecular flexibility index (Phi) is 3.72. The third-order valence-corrected chi connectivity index (χ3v) is 4.08. The topological polar surface area (TPSA) is 42.4 Å². The second kappa shape index (κ2) is 5.05. The highest BCUT2D eigenvalue weighted by molar-refractivity contribution is 7.11. The predicted octanol–water partition coefficient (Wildman–Crippen LogP) is 2.48. The molecule has 1 N–H and O–H groups in total. The van der Waals surface area contributed by atoms with Crippen molar-refractivity contribution in [3.8, 4) is 0 Å². The minimum Gasteiger partial charge on any atom is -0.396 e. The first-order valence-electron chi connectivity index (χ1n) is 5.49. The van der Waals surface area contributed by atoms with E-state index in [1.807, 2.05) is 13.1 Å². The van der Waals surface area contributed by atoms with Crippen LogP contribution >= 0.6 is 11.3 Å². The van der Waals surface area contributed by atoms with E-state index in [0.29, 0.717) is 0 Å². The van der Waals surface area contributed by atoms with Crippen LogP contribution in [-0.2, 0) is 4.74 Å². The highest BCUT2D eigenvalue weighted by Gasteiger charge is 2.20. The molecule has 2 atom stereocenters. The molecule has 15 heavy (non-hydrogen) atoms. The van der Waals surface area contributed by atoms with Gasteiger partial charge in [-0.05, 0) is 19.3 Å². The zero-order chi connectivity index (χ0) is 10.7. The van der Waals surface area contributed by atoms with Gasteiger partial charge in [0, 0.05) is 23.6 Å². The Hall–Kier alpha value is -0.450. The van der Waals surface area contributed by atoms with Crippen LogP contribution in [0.5, 0.6) is 0 Å². The van der Waals surface area contributed by atoms with Crippen molar-refractivity contribution < 1.29 is 9.84 Å². The molecular formula is C11H17NO2S. The summed E-state index contributed by atoms with van der Waals surface area (Å²) < 4.78 is 5.68. The van der Waals surface area contributed by atoms with Gasteiger partial charge in [0.15, 0.2) is 0 Å². The van der Waals surface area contributed by atoms with Gasteiger partial charge >= 0.3 is 0 Å². The van der Waals surface area contributed by atoms with E-state index in [2.05, 4.69) is 4.98 Å². The van der Waals surface area contributed by atoms with Crippen molar-refractivity contribution >= 4 is 11.3 Å². The van der Waals surface area contributed by atoms with Crippen LogP contribution in [0.3, 0.4) is 0 Å². The fraction of sp³-hybridized carbons (Fsp3) is 0.727. The van der Waals surface area contributed by atoms with Crippen LogP contribution in [0.4, 0.5) is 0 Å². The van der Waals surface area contributed by atoms with Crippen molar-refractivity contribution in [3.63, 3.8) is 0 Å². The molecule has 3 nitrogen and oxygen atoms in total. The van der Waals surface area contributed by atoms with Gasteiger partial charge < -0.3 is 9.84 Å². The molecule has 1 fully saturated rings. The predicted molar refractivity (Wildman–Crippen MR) is 60.2 cm³/mol. The molecule has 1 saturated heterocycles. The summed E-state index contributed by atoms with van der Waals surface area (Å²) in [5.41, 5.74) is 0. The number of rotatable bonds is 3. The summed E-state index contributed by atoms with van der Waals surface area (Å²) in [6, 6.07) is 0. The van der Waals surface area contributed by atoms with Crippen LogP contribution < -0.4 is 0 Å². The van der Waals surface area contributed by atoms with E-state index in [1.165, 1.54) is 12.8 Å². The molecule has 0 saturated carbocycles. The fourth-order valence-electron chi connectivity index (χ4n) is 1.70. The van der Waals surface area contributed by atoms with Crippen LogP contribution in [0, 0.1) is 0 Å². The Balaban J connectivity index is 2.05. The second-order valence-electron chi connectivity index (χ2n) is 4.04. The summed E-state index contributed by atoms with van der Waals surface area (Å²) in [4.78, 5) is 5.55. The average Bonchev–Trinajstić information content (AvgIpc) is 2.78. The first-order chi connectivity index (χ1) is 7.31. The minimum absolute atomic E-state index is 0.188. The largest absolute Gasteiger partial charge is 0.396 e. The number of hydrogen-bond acceptors (Lipinski definition) is 4. The maximum Gasteiger partial charge on any atom is 0.122 e. The quantitative estimate of drug-likeness (QED) is 0.862. The monoisotopic (exact) mass is 227 g/mol. The minimum atomic E-state index is 0.188. The molecule has 0 amide bonds. The molecule has 0 bridgehead atoms. The summed E-state index contributed by atoms with van der Waals surface area (Å²) in [6.45, 7) is 3.06. The molecule has 2 unspecified atom stereocenters. The SMILES string of the molecule is CC(CO)c1cnc(C2CCCCO2)s1. The lowest BCUT2D eigenvalue weighted by Gasteiger charge is -2.20. The van der Waals surface area contributed by atoms with Crippen LogP contribution in [0.2, 0.25) is 0 Å². The lowest BCUT2D eigenvalue weighted by molar-refractivity contribution is 0.0148. The fourth-order valence-corrected chi connectivity index (χ4v) is 2.75. The Morgan fingerprint density at radius 2 is 2.53 bits per heavy atom. The van der Waals surface area contributed by atoms with E-state index in [0.717, 1.165) is 22.9 Å². The molecule has 1 aromatic heterocycles. The number of hydrogen-bond donors (Lipinski definition) is 1. The van der Waals surface area contributed by atoms with Crippen molar-refractivity contribution in [3.05, 3.63) is 16.1 Å². The number of aliphatic hydroxyl groups is 1. The van der Waals surface area contributed by atoms with E-state index in [4.69, 9.17) is 9.84 Å². The standard InChI is InChI=1S/C11H17NO2S/c1-8(7-13)10-6-12-11(15-10)9-4-2-3-5-14-9/h6,8-9,13H,2-5,7H2,1H3. The molecule has 1 aliphatic heterocycles. The first kappa shape index (κ1) is 11.0.